The Balaban J connectivity index is 1.75. The largest absolute Gasteiger partial charge is 0.454 e. The van der Waals surface area contributed by atoms with E-state index >= 15 is 0 Å². The fourth-order valence-electron chi connectivity index (χ4n) is 4.15. The van der Waals surface area contributed by atoms with Crippen LogP contribution in [0.3, 0.4) is 0 Å². The number of sulfone groups is 1. The molecule has 1 heterocycles. The first kappa shape index (κ1) is 22.7. The predicted octanol–water partition coefficient (Wildman–Crippen LogP) is 3.23. The molecule has 2 aromatic carbocycles. The maximum Gasteiger partial charge on any atom is 0.408 e. The molecule has 1 aliphatic carbocycles. The lowest BCUT2D eigenvalue weighted by atomic mass is 10.1. The molecule has 3 atom stereocenters. The molecule has 0 saturated heterocycles. The zero-order valence-electron chi connectivity index (χ0n) is 17.9. The molecule has 1 saturated carbocycles. The van der Waals surface area contributed by atoms with Gasteiger partial charge in [0.2, 0.25) is 6.79 Å². The van der Waals surface area contributed by atoms with Crippen LogP contribution in [0.4, 0.5) is 4.79 Å². The Morgan fingerprint density at radius 1 is 1.19 bits per heavy atom. The number of carbonyl (C=O) groups is 1. The number of hydrogen-bond donors (Lipinski definition) is 2. The fraction of sp³-hybridized carbons (Fsp3) is 0.409. The second-order valence-electron chi connectivity index (χ2n) is 8.88. The topological polar surface area (TPSA) is 117 Å². The van der Waals surface area contributed by atoms with E-state index in [1.54, 1.807) is 39.0 Å². The van der Waals surface area contributed by atoms with Crippen molar-refractivity contribution in [3.8, 4) is 11.5 Å². The molecule has 0 aromatic heterocycles. The zero-order chi connectivity index (χ0) is 23.3. The predicted molar refractivity (Wildman–Crippen MR) is 119 cm³/mol. The summed E-state index contributed by atoms with van der Waals surface area (Å²) in [5, 5.41) is 2.18. The number of carbonyl (C=O) groups excluding carboxylic acids is 1. The normalized spacial score (nSPS) is 24.2. The number of rotatable bonds is 5. The van der Waals surface area contributed by atoms with Crippen LogP contribution in [0, 0.1) is 0 Å². The van der Waals surface area contributed by atoms with Crippen LogP contribution < -0.4 is 20.5 Å². The van der Waals surface area contributed by atoms with Crippen LogP contribution in [0.15, 0.2) is 47.4 Å². The SMILES string of the molecule is CC(C)(C)OC(=O)NC1(CN)C(c2ccc3c(c2)OCO3)C1S(=O)(=O)c1ccc(Cl)cc1. The van der Waals surface area contributed by atoms with Gasteiger partial charge in [-0.2, -0.15) is 0 Å². The van der Waals surface area contributed by atoms with Crippen molar-refractivity contribution in [1.82, 2.24) is 5.32 Å². The lowest BCUT2D eigenvalue weighted by Crippen LogP contribution is -2.49. The average Bonchev–Trinajstić information content (AvgIpc) is 3.13. The molecule has 3 unspecified atom stereocenters. The number of halogens is 1. The monoisotopic (exact) mass is 480 g/mol. The molecule has 10 heteroatoms. The lowest BCUT2D eigenvalue weighted by molar-refractivity contribution is 0.0497. The number of nitrogens with two attached hydrogens (primary N) is 1. The molecule has 1 amide bonds. The highest BCUT2D eigenvalue weighted by Crippen LogP contribution is 2.58. The Morgan fingerprint density at radius 2 is 1.84 bits per heavy atom. The van der Waals surface area contributed by atoms with Crippen molar-refractivity contribution in [3.05, 3.63) is 53.1 Å². The number of ether oxygens (including phenoxy) is 3. The van der Waals surface area contributed by atoms with Gasteiger partial charge >= 0.3 is 6.09 Å². The standard InChI is InChI=1S/C22H25ClN2O6S/c1-21(2,3)31-20(26)25-22(11-24)18(13-4-9-16-17(10-13)30-12-29-16)19(22)32(27,28)15-7-5-14(23)6-8-15/h4-10,18-19H,11-12,24H2,1-3H3,(H,25,26). The van der Waals surface area contributed by atoms with Crippen molar-refractivity contribution in [2.24, 2.45) is 5.73 Å². The lowest BCUT2D eigenvalue weighted by Gasteiger charge is -2.24. The third kappa shape index (κ3) is 4.00. The fourth-order valence-corrected chi connectivity index (χ4v) is 6.62. The van der Waals surface area contributed by atoms with E-state index in [9.17, 15) is 13.2 Å². The van der Waals surface area contributed by atoms with Gasteiger partial charge in [-0.15, -0.1) is 0 Å². The van der Waals surface area contributed by atoms with E-state index in [1.165, 1.54) is 24.3 Å². The van der Waals surface area contributed by atoms with E-state index < -0.39 is 38.2 Å². The van der Waals surface area contributed by atoms with Crippen molar-refractivity contribution in [2.45, 2.75) is 48.0 Å². The van der Waals surface area contributed by atoms with E-state index in [1.807, 2.05) is 0 Å². The van der Waals surface area contributed by atoms with Crippen molar-refractivity contribution < 1.29 is 27.4 Å². The van der Waals surface area contributed by atoms with Crippen LogP contribution in [-0.4, -0.2) is 44.2 Å². The molecule has 1 aliphatic heterocycles. The first-order valence-electron chi connectivity index (χ1n) is 10.1. The first-order chi connectivity index (χ1) is 15.0. The van der Waals surface area contributed by atoms with Crippen molar-refractivity contribution >= 4 is 27.5 Å². The van der Waals surface area contributed by atoms with Crippen LogP contribution in [0.2, 0.25) is 5.02 Å². The van der Waals surface area contributed by atoms with Gasteiger partial charge in [-0.1, -0.05) is 17.7 Å². The molecule has 2 aliphatic rings. The summed E-state index contributed by atoms with van der Waals surface area (Å²) in [7, 11) is -3.88. The van der Waals surface area contributed by atoms with Crippen LogP contribution in [0.25, 0.3) is 0 Å². The Morgan fingerprint density at radius 3 is 2.47 bits per heavy atom. The molecule has 8 nitrogen and oxygen atoms in total. The minimum Gasteiger partial charge on any atom is -0.454 e. The Kier molecular flexibility index (Phi) is 5.55. The molecule has 0 radical (unpaired) electrons. The number of nitrogens with one attached hydrogen (secondary N) is 1. The van der Waals surface area contributed by atoms with Crippen LogP contribution >= 0.6 is 11.6 Å². The van der Waals surface area contributed by atoms with E-state index in [4.69, 9.17) is 31.5 Å². The molecule has 0 spiro atoms. The van der Waals surface area contributed by atoms with Gasteiger partial charge in [-0.25, -0.2) is 13.2 Å². The Bertz CT molecular complexity index is 1150. The van der Waals surface area contributed by atoms with Gasteiger partial charge in [0.05, 0.1) is 10.4 Å². The summed E-state index contributed by atoms with van der Waals surface area (Å²) >= 11 is 5.94. The summed E-state index contributed by atoms with van der Waals surface area (Å²) < 4.78 is 43.4. The average molecular weight is 481 g/mol. The Labute approximate surface area is 191 Å². The van der Waals surface area contributed by atoms with Crippen molar-refractivity contribution in [1.29, 1.82) is 0 Å². The highest BCUT2D eigenvalue weighted by molar-refractivity contribution is 7.92. The molecule has 2 aromatic rings. The van der Waals surface area contributed by atoms with E-state index in [0.717, 1.165) is 0 Å². The minimum absolute atomic E-state index is 0.0914. The minimum atomic E-state index is -3.88. The summed E-state index contributed by atoms with van der Waals surface area (Å²) in [5.41, 5.74) is 4.75. The van der Waals surface area contributed by atoms with E-state index in [-0.39, 0.29) is 18.2 Å². The van der Waals surface area contributed by atoms with Gasteiger partial charge in [0.25, 0.3) is 0 Å². The molecule has 172 valence electrons. The second-order valence-corrected chi connectivity index (χ2v) is 11.4. The van der Waals surface area contributed by atoms with Crippen LogP contribution in [0.5, 0.6) is 11.5 Å². The number of alkyl carbamates (subject to hydrolysis) is 1. The number of hydrogen-bond acceptors (Lipinski definition) is 7. The van der Waals surface area contributed by atoms with E-state index in [0.29, 0.717) is 22.1 Å². The molecule has 1 fully saturated rings. The first-order valence-corrected chi connectivity index (χ1v) is 12.0. The van der Waals surface area contributed by atoms with Gasteiger partial charge in [0, 0.05) is 17.5 Å². The summed E-state index contributed by atoms with van der Waals surface area (Å²) in [5.74, 6) is 0.473. The third-order valence-corrected chi connectivity index (χ3v) is 8.10. The van der Waals surface area contributed by atoms with Crippen molar-refractivity contribution in [2.75, 3.05) is 13.3 Å². The number of benzene rings is 2. The highest BCUT2D eigenvalue weighted by atomic mass is 35.5. The summed E-state index contributed by atoms with van der Waals surface area (Å²) in [4.78, 5) is 12.7. The molecular weight excluding hydrogens is 456 g/mol. The van der Waals surface area contributed by atoms with Gasteiger partial charge in [0.15, 0.2) is 21.3 Å². The summed E-state index contributed by atoms with van der Waals surface area (Å²) in [6.45, 7) is 5.17. The molecular formula is C22H25ClN2O6S. The molecule has 32 heavy (non-hydrogen) atoms. The number of amides is 1. The number of fused-ring (bicyclic) bond motifs is 1. The highest BCUT2D eigenvalue weighted by Gasteiger charge is 2.72. The maximum atomic E-state index is 13.6. The molecule has 3 N–H and O–H groups in total. The quantitative estimate of drug-likeness (QED) is 0.674. The second kappa shape index (κ2) is 7.83. The Hall–Kier alpha value is -2.49. The molecule has 0 bridgehead atoms. The zero-order valence-corrected chi connectivity index (χ0v) is 19.5. The summed E-state index contributed by atoms with van der Waals surface area (Å²) in [6, 6.07) is 11.1. The van der Waals surface area contributed by atoms with Gasteiger partial charge in [-0.05, 0) is 62.7 Å². The van der Waals surface area contributed by atoms with Gasteiger partial charge < -0.3 is 25.3 Å². The molecule has 4 rings (SSSR count). The third-order valence-electron chi connectivity index (χ3n) is 5.56. The van der Waals surface area contributed by atoms with Gasteiger partial charge in [0.1, 0.15) is 10.9 Å². The smallest absolute Gasteiger partial charge is 0.408 e. The van der Waals surface area contributed by atoms with Crippen molar-refractivity contribution in [3.63, 3.8) is 0 Å². The van der Waals surface area contributed by atoms with Crippen LogP contribution in [-0.2, 0) is 14.6 Å². The van der Waals surface area contributed by atoms with E-state index in [2.05, 4.69) is 5.32 Å². The maximum absolute atomic E-state index is 13.6. The summed E-state index contributed by atoms with van der Waals surface area (Å²) in [6.07, 6.45) is -0.734. The van der Waals surface area contributed by atoms with Crippen LogP contribution in [0.1, 0.15) is 32.3 Å². The van der Waals surface area contributed by atoms with Gasteiger partial charge in [-0.3, -0.25) is 0 Å².